The summed E-state index contributed by atoms with van der Waals surface area (Å²) in [5, 5.41) is 0. The Morgan fingerprint density at radius 2 is 2.09 bits per heavy atom. The highest BCUT2D eigenvalue weighted by Crippen LogP contribution is 2.33. The van der Waals surface area contributed by atoms with E-state index in [1.807, 2.05) is 30.3 Å². The van der Waals surface area contributed by atoms with Crippen molar-refractivity contribution < 1.29 is 19.1 Å². The molecule has 2 saturated heterocycles. The zero-order valence-corrected chi connectivity index (χ0v) is 12.6. The van der Waals surface area contributed by atoms with Gasteiger partial charge < -0.3 is 14.4 Å². The molecule has 0 saturated carbocycles. The van der Waals surface area contributed by atoms with Crippen LogP contribution in [-0.4, -0.2) is 48.5 Å². The van der Waals surface area contributed by atoms with E-state index in [0.717, 1.165) is 18.6 Å². The molecular formula is C17H21NO4. The van der Waals surface area contributed by atoms with Crippen molar-refractivity contribution in [1.29, 1.82) is 0 Å². The van der Waals surface area contributed by atoms with Crippen LogP contribution < -0.4 is 4.74 Å². The summed E-state index contributed by atoms with van der Waals surface area (Å²) in [6.07, 6.45) is 2.64. The predicted molar refractivity (Wildman–Crippen MR) is 80.7 cm³/mol. The van der Waals surface area contributed by atoms with Gasteiger partial charge in [-0.25, -0.2) is 0 Å². The van der Waals surface area contributed by atoms with Crippen molar-refractivity contribution in [2.24, 2.45) is 0 Å². The Morgan fingerprint density at radius 1 is 1.27 bits per heavy atom. The Labute approximate surface area is 130 Å². The maximum Gasteiger partial charge on any atom is 0.226 e. The molecule has 1 amide bonds. The first-order chi connectivity index (χ1) is 10.7. The lowest BCUT2D eigenvalue weighted by atomic mass is 9.87. The summed E-state index contributed by atoms with van der Waals surface area (Å²) in [7, 11) is 0. The van der Waals surface area contributed by atoms with Gasteiger partial charge in [0.2, 0.25) is 5.91 Å². The molecule has 1 aromatic carbocycles. The molecule has 0 radical (unpaired) electrons. The summed E-state index contributed by atoms with van der Waals surface area (Å²) in [5.74, 6) is 0.772. The average molecular weight is 303 g/mol. The van der Waals surface area contributed by atoms with Crippen LogP contribution in [0.3, 0.4) is 0 Å². The normalized spacial score (nSPS) is 24.7. The minimum Gasteiger partial charge on any atom is -0.493 e. The molecule has 1 atom stereocenters. The van der Waals surface area contributed by atoms with Crippen molar-refractivity contribution in [1.82, 2.24) is 4.90 Å². The molecule has 0 aromatic heterocycles. The molecular weight excluding hydrogens is 282 g/mol. The van der Waals surface area contributed by atoms with E-state index in [9.17, 15) is 9.59 Å². The van der Waals surface area contributed by atoms with Crippen LogP contribution >= 0.6 is 0 Å². The zero-order valence-electron chi connectivity index (χ0n) is 12.6. The highest BCUT2D eigenvalue weighted by Gasteiger charge is 2.46. The number of hydrogen-bond donors (Lipinski definition) is 0. The lowest BCUT2D eigenvalue weighted by molar-refractivity contribution is -0.152. The van der Waals surface area contributed by atoms with Crippen LogP contribution in [-0.2, 0) is 14.3 Å². The van der Waals surface area contributed by atoms with Crippen LogP contribution in [0.2, 0.25) is 0 Å². The maximum absolute atomic E-state index is 12.3. The third-order valence-corrected chi connectivity index (χ3v) is 4.41. The van der Waals surface area contributed by atoms with E-state index in [2.05, 4.69) is 0 Å². The van der Waals surface area contributed by atoms with E-state index < -0.39 is 5.60 Å². The van der Waals surface area contributed by atoms with E-state index in [0.29, 0.717) is 26.2 Å². The van der Waals surface area contributed by atoms with E-state index in [-0.39, 0.29) is 24.7 Å². The number of ketones is 1. The molecule has 3 rings (SSSR count). The van der Waals surface area contributed by atoms with Crippen molar-refractivity contribution in [2.75, 3.05) is 26.3 Å². The second-order valence-electron chi connectivity index (χ2n) is 5.85. The van der Waals surface area contributed by atoms with E-state index in [4.69, 9.17) is 9.47 Å². The number of likely N-dealkylation sites (tertiary alicyclic amines) is 1. The summed E-state index contributed by atoms with van der Waals surface area (Å²) in [5.41, 5.74) is -0.600. The molecule has 2 aliphatic rings. The molecule has 0 unspecified atom stereocenters. The molecule has 1 aromatic rings. The van der Waals surface area contributed by atoms with Crippen molar-refractivity contribution >= 4 is 11.7 Å². The van der Waals surface area contributed by atoms with Crippen molar-refractivity contribution in [3.05, 3.63) is 30.3 Å². The number of nitrogens with zero attached hydrogens (tertiary/aromatic N) is 1. The van der Waals surface area contributed by atoms with Gasteiger partial charge in [-0.3, -0.25) is 9.59 Å². The van der Waals surface area contributed by atoms with Gasteiger partial charge in [-0.2, -0.15) is 0 Å². The number of hydrogen-bond acceptors (Lipinski definition) is 4. The summed E-state index contributed by atoms with van der Waals surface area (Å²) < 4.78 is 11.2. The van der Waals surface area contributed by atoms with Gasteiger partial charge in [0.25, 0.3) is 0 Å². The van der Waals surface area contributed by atoms with Crippen LogP contribution in [0.15, 0.2) is 30.3 Å². The highest BCUT2D eigenvalue weighted by molar-refractivity contribution is 5.93. The summed E-state index contributed by atoms with van der Waals surface area (Å²) in [4.78, 5) is 26.1. The van der Waals surface area contributed by atoms with Crippen LogP contribution in [0.4, 0.5) is 0 Å². The van der Waals surface area contributed by atoms with Crippen LogP contribution in [0.25, 0.3) is 0 Å². The molecule has 1 spiro atoms. The lowest BCUT2D eigenvalue weighted by Gasteiger charge is -2.37. The maximum atomic E-state index is 12.3. The second-order valence-corrected chi connectivity index (χ2v) is 5.85. The molecule has 0 aliphatic carbocycles. The summed E-state index contributed by atoms with van der Waals surface area (Å²) in [6, 6.07) is 9.41. The Bertz CT molecular complexity index is 537. The van der Waals surface area contributed by atoms with E-state index in [1.54, 1.807) is 4.90 Å². The minimum atomic E-state index is -0.600. The third-order valence-electron chi connectivity index (χ3n) is 4.41. The number of carbonyl (C=O) groups excluding carboxylic acids is 2. The number of amides is 1. The monoisotopic (exact) mass is 303 g/mol. The fraction of sp³-hybridized carbons (Fsp3) is 0.529. The minimum absolute atomic E-state index is 0.0304. The highest BCUT2D eigenvalue weighted by atomic mass is 16.5. The predicted octanol–water partition coefficient (Wildman–Crippen LogP) is 1.81. The number of para-hydroxylation sites is 1. The Balaban J connectivity index is 1.46. The van der Waals surface area contributed by atoms with Crippen molar-refractivity contribution in [3.8, 4) is 5.75 Å². The number of ether oxygens (including phenoxy) is 2. The van der Waals surface area contributed by atoms with Gasteiger partial charge in [-0.15, -0.1) is 0 Å². The molecule has 2 aliphatic heterocycles. The molecule has 22 heavy (non-hydrogen) atoms. The number of carbonyl (C=O) groups is 2. The first-order valence-corrected chi connectivity index (χ1v) is 7.82. The Hall–Kier alpha value is -1.88. The topological polar surface area (TPSA) is 55.8 Å². The number of benzene rings is 1. The molecule has 5 heteroatoms. The Morgan fingerprint density at radius 3 is 2.77 bits per heavy atom. The summed E-state index contributed by atoms with van der Waals surface area (Å²) in [6.45, 7) is 1.75. The van der Waals surface area contributed by atoms with Gasteiger partial charge in [0.15, 0.2) is 5.78 Å². The average Bonchev–Trinajstić information content (AvgIpc) is 3.01. The van der Waals surface area contributed by atoms with E-state index >= 15 is 0 Å². The third kappa shape index (κ3) is 3.14. The molecule has 0 bridgehead atoms. The molecule has 118 valence electrons. The zero-order chi connectivity index (χ0) is 15.4. The van der Waals surface area contributed by atoms with Crippen molar-refractivity contribution in [2.45, 2.75) is 31.3 Å². The first-order valence-electron chi connectivity index (χ1n) is 7.82. The van der Waals surface area contributed by atoms with Crippen LogP contribution in [0.5, 0.6) is 5.75 Å². The van der Waals surface area contributed by atoms with Gasteiger partial charge in [0.1, 0.15) is 11.4 Å². The van der Waals surface area contributed by atoms with E-state index in [1.165, 1.54) is 0 Å². The fourth-order valence-electron chi connectivity index (χ4n) is 3.11. The number of Topliss-reactive ketones (excluding diaryl/α,β-unsaturated/α-hetero) is 1. The first kappa shape index (κ1) is 15.0. The largest absolute Gasteiger partial charge is 0.493 e. The smallest absolute Gasteiger partial charge is 0.226 e. The van der Waals surface area contributed by atoms with Gasteiger partial charge >= 0.3 is 0 Å². The summed E-state index contributed by atoms with van der Waals surface area (Å²) >= 11 is 0. The number of piperidine rings is 1. The lowest BCUT2D eigenvalue weighted by Crippen LogP contribution is -2.53. The SMILES string of the molecule is O=C(CCOc1ccccc1)N1CC[C@]2(CCCO2)C(=O)C1. The van der Waals surface area contributed by atoms with Crippen molar-refractivity contribution in [3.63, 3.8) is 0 Å². The van der Waals surface area contributed by atoms with Gasteiger partial charge in [-0.05, 0) is 25.0 Å². The molecule has 5 nitrogen and oxygen atoms in total. The molecule has 2 heterocycles. The van der Waals surface area contributed by atoms with Gasteiger partial charge in [-0.1, -0.05) is 18.2 Å². The fourth-order valence-corrected chi connectivity index (χ4v) is 3.11. The Kier molecular flexibility index (Phi) is 4.43. The second kappa shape index (κ2) is 6.48. The van der Waals surface area contributed by atoms with Crippen LogP contribution in [0.1, 0.15) is 25.7 Å². The van der Waals surface area contributed by atoms with Crippen LogP contribution in [0, 0.1) is 0 Å². The molecule has 0 N–H and O–H groups in total. The quantitative estimate of drug-likeness (QED) is 0.851. The molecule has 2 fully saturated rings. The van der Waals surface area contributed by atoms with Gasteiger partial charge in [0, 0.05) is 19.6 Å². The van der Waals surface area contributed by atoms with Gasteiger partial charge in [0.05, 0.1) is 19.6 Å². The standard InChI is InChI=1S/C17H21NO4/c19-15-13-18(10-9-17(15)8-4-11-22-17)16(20)7-12-21-14-5-2-1-3-6-14/h1-3,5-6H,4,7-13H2/t17-/m1/s1. The number of rotatable bonds is 4.